The summed E-state index contributed by atoms with van der Waals surface area (Å²) < 4.78 is 0. The lowest BCUT2D eigenvalue weighted by molar-refractivity contribution is -0.114. The number of fused-ring (bicyclic) bond motifs is 1. The van der Waals surface area contributed by atoms with E-state index in [0.29, 0.717) is 6.04 Å². The normalized spacial score (nSPS) is 15.8. The molecule has 1 unspecified atom stereocenters. The molecule has 1 amide bonds. The van der Waals surface area contributed by atoms with Gasteiger partial charge in [-0.15, -0.1) is 12.4 Å². The number of nitrogens with one attached hydrogen (secondary N) is 2. The lowest BCUT2D eigenvalue weighted by atomic mass is 9.87. The van der Waals surface area contributed by atoms with E-state index in [1.807, 2.05) is 12.1 Å². The van der Waals surface area contributed by atoms with Gasteiger partial charge >= 0.3 is 0 Å². The molecule has 3 nitrogen and oxygen atoms in total. The smallest absolute Gasteiger partial charge is 0.221 e. The highest BCUT2D eigenvalue weighted by molar-refractivity contribution is 5.89. The summed E-state index contributed by atoms with van der Waals surface area (Å²) in [6.45, 7) is 4.70. The van der Waals surface area contributed by atoms with E-state index < -0.39 is 0 Å². The van der Waals surface area contributed by atoms with Crippen molar-refractivity contribution in [3.63, 3.8) is 0 Å². The molecule has 0 heterocycles. The summed E-state index contributed by atoms with van der Waals surface area (Å²) in [5, 5.41) is 6.66. The van der Waals surface area contributed by atoms with Gasteiger partial charge in [0.1, 0.15) is 0 Å². The Kier molecular flexibility index (Phi) is 7.03. The van der Waals surface area contributed by atoms with E-state index >= 15 is 0 Å². The predicted octanol–water partition coefficient (Wildman–Crippen LogP) is 4.06. The van der Waals surface area contributed by atoms with Crippen molar-refractivity contribution in [2.75, 3.05) is 11.9 Å². The lowest BCUT2D eigenvalue weighted by Gasteiger charge is -2.27. The molecular weight excluding hydrogens is 332 g/mol. The first-order valence-corrected chi connectivity index (χ1v) is 8.79. The average Bonchev–Trinajstić information content (AvgIpc) is 2.56. The molecule has 2 N–H and O–H groups in total. The number of carbonyl (C=O) groups excluding carboxylic acids is 1. The molecule has 1 atom stereocenters. The number of benzene rings is 2. The maximum Gasteiger partial charge on any atom is 0.221 e. The van der Waals surface area contributed by atoms with Gasteiger partial charge in [0.15, 0.2) is 0 Å². The Balaban J connectivity index is 0.00000225. The Labute approximate surface area is 156 Å². The molecule has 0 spiro atoms. The minimum atomic E-state index is 0. The molecule has 25 heavy (non-hydrogen) atoms. The van der Waals surface area contributed by atoms with Crippen LogP contribution in [0.5, 0.6) is 0 Å². The van der Waals surface area contributed by atoms with Crippen LogP contribution in [0.2, 0.25) is 0 Å². The fourth-order valence-electron chi connectivity index (χ4n) is 3.46. The molecule has 1 aliphatic rings. The maximum atomic E-state index is 11.3. The van der Waals surface area contributed by atoms with Gasteiger partial charge in [-0.2, -0.15) is 0 Å². The van der Waals surface area contributed by atoms with Gasteiger partial charge in [0.25, 0.3) is 0 Å². The number of aryl methyl sites for hydroxylation is 1. The molecule has 134 valence electrons. The molecule has 0 saturated heterocycles. The second-order valence-electron chi connectivity index (χ2n) is 6.75. The second kappa shape index (κ2) is 9.02. The van der Waals surface area contributed by atoms with Crippen molar-refractivity contribution in [2.24, 2.45) is 0 Å². The molecule has 0 radical (unpaired) electrons. The zero-order valence-electron chi connectivity index (χ0n) is 15.0. The van der Waals surface area contributed by atoms with E-state index in [1.54, 1.807) is 6.92 Å². The summed E-state index contributed by atoms with van der Waals surface area (Å²) in [6.07, 6.45) is 4.25. The Bertz CT molecular complexity index is 712. The van der Waals surface area contributed by atoms with Crippen LogP contribution in [0.3, 0.4) is 0 Å². The number of rotatable bonds is 5. The lowest BCUT2D eigenvalue weighted by Crippen LogP contribution is -2.36. The number of amides is 1. The van der Waals surface area contributed by atoms with Gasteiger partial charge in [-0.05, 0) is 61.9 Å². The first-order chi connectivity index (χ1) is 11.6. The van der Waals surface area contributed by atoms with Gasteiger partial charge in [-0.25, -0.2) is 0 Å². The average molecular weight is 359 g/mol. The monoisotopic (exact) mass is 358 g/mol. The molecule has 0 fully saturated rings. The van der Waals surface area contributed by atoms with Gasteiger partial charge in [0, 0.05) is 18.7 Å². The molecule has 2 aromatic rings. The Hall–Kier alpha value is -1.84. The highest BCUT2D eigenvalue weighted by Gasteiger charge is 2.20. The van der Waals surface area contributed by atoms with Crippen molar-refractivity contribution in [2.45, 2.75) is 45.6 Å². The summed E-state index contributed by atoms with van der Waals surface area (Å²) in [5.41, 5.74) is 6.35. The van der Waals surface area contributed by atoms with Crippen LogP contribution >= 0.6 is 12.4 Å². The van der Waals surface area contributed by atoms with Crippen molar-refractivity contribution < 1.29 is 4.79 Å². The first-order valence-electron chi connectivity index (χ1n) is 8.79. The summed E-state index contributed by atoms with van der Waals surface area (Å²) in [6, 6.07) is 15.5. The summed E-state index contributed by atoms with van der Waals surface area (Å²) in [4.78, 5) is 11.3. The van der Waals surface area contributed by atoms with Crippen LogP contribution in [-0.2, 0) is 24.1 Å². The molecule has 0 aromatic heterocycles. The topological polar surface area (TPSA) is 41.1 Å². The number of hydrogen-bond acceptors (Lipinski definition) is 2. The molecule has 2 aromatic carbocycles. The zero-order valence-corrected chi connectivity index (χ0v) is 15.8. The van der Waals surface area contributed by atoms with Crippen molar-refractivity contribution >= 4 is 24.0 Å². The molecule has 0 aliphatic heterocycles. The van der Waals surface area contributed by atoms with Gasteiger partial charge in [-0.3, -0.25) is 4.79 Å². The summed E-state index contributed by atoms with van der Waals surface area (Å²) in [5.74, 6) is 0.00162. The van der Waals surface area contributed by atoms with Crippen molar-refractivity contribution in [3.8, 4) is 0 Å². The molecule has 0 saturated carbocycles. The standard InChI is InChI=1S/C21H26N2O.ClH/c1-15-6-8-17(9-7-15)12-13-22-19-10-11-20-18(14-19)4-3-5-21(20)23-16(2)24;/h3-9,19,22H,10-14H2,1-2H3,(H,23,24);1H. The van der Waals surface area contributed by atoms with Crippen molar-refractivity contribution in [1.82, 2.24) is 5.32 Å². The first kappa shape index (κ1) is 19.5. The highest BCUT2D eigenvalue weighted by atomic mass is 35.5. The minimum absolute atomic E-state index is 0. The fraction of sp³-hybridized carbons (Fsp3) is 0.381. The third-order valence-corrected chi connectivity index (χ3v) is 4.76. The van der Waals surface area contributed by atoms with E-state index in [2.05, 4.69) is 47.9 Å². The largest absolute Gasteiger partial charge is 0.326 e. The fourth-order valence-corrected chi connectivity index (χ4v) is 3.46. The van der Waals surface area contributed by atoms with Crippen LogP contribution in [0.4, 0.5) is 5.69 Å². The summed E-state index contributed by atoms with van der Waals surface area (Å²) >= 11 is 0. The van der Waals surface area contributed by atoms with Gasteiger partial charge in [0.2, 0.25) is 5.91 Å². The van der Waals surface area contributed by atoms with Crippen molar-refractivity contribution in [3.05, 3.63) is 64.7 Å². The molecule has 3 rings (SSSR count). The van der Waals surface area contributed by atoms with Gasteiger partial charge < -0.3 is 10.6 Å². The minimum Gasteiger partial charge on any atom is -0.326 e. The predicted molar refractivity (Wildman–Crippen MR) is 107 cm³/mol. The van der Waals surface area contributed by atoms with Crippen LogP contribution in [0, 0.1) is 6.92 Å². The SMILES string of the molecule is CC(=O)Nc1cccc2c1CCC(NCCc1ccc(C)cc1)C2.Cl. The van der Waals surface area contributed by atoms with E-state index in [9.17, 15) is 4.79 Å². The van der Waals surface area contributed by atoms with Gasteiger partial charge in [0.05, 0.1) is 0 Å². The van der Waals surface area contributed by atoms with Crippen LogP contribution in [0.1, 0.15) is 35.6 Å². The van der Waals surface area contributed by atoms with Crippen LogP contribution in [0.25, 0.3) is 0 Å². The van der Waals surface area contributed by atoms with E-state index in [4.69, 9.17) is 0 Å². The second-order valence-corrected chi connectivity index (χ2v) is 6.75. The van der Waals surface area contributed by atoms with Crippen LogP contribution in [-0.4, -0.2) is 18.5 Å². The zero-order chi connectivity index (χ0) is 16.9. The van der Waals surface area contributed by atoms with Crippen LogP contribution in [0.15, 0.2) is 42.5 Å². The van der Waals surface area contributed by atoms with Crippen LogP contribution < -0.4 is 10.6 Å². The Morgan fingerprint density at radius 2 is 1.92 bits per heavy atom. The maximum absolute atomic E-state index is 11.3. The Morgan fingerprint density at radius 1 is 1.16 bits per heavy atom. The third-order valence-electron chi connectivity index (χ3n) is 4.76. The van der Waals surface area contributed by atoms with E-state index in [0.717, 1.165) is 37.9 Å². The van der Waals surface area contributed by atoms with E-state index in [-0.39, 0.29) is 18.3 Å². The molecular formula is C21H27ClN2O. The molecule has 4 heteroatoms. The van der Waals surface area contributed by atoms with E-state index in [1.165, 1.54) is 22.3 Å². The molecule has 1 aliphatic carbocycles. The number of carbonyl (C=O) groups is 1. The summed E-state index contributed by atoms with van der Waals surface area (Å²) in [7, 11) is 0. The number of halogens is 1. The highest BCUT2D eigenvalue weighted by Crippen LogP contribution is 2.28. The number of hydrogen-bond donors (Lipinski definition) is 2. The van der Waals surface area contributed by atoms with Gasteiger partial charge in [-0.1, -0.05) is 42.0 Å². The number of anilines is 1. The third kappa shape index (κ3) is 5.32. The van der Waals surface area contributed by atoms with Crippen molar-refractivity contribution in [1.29, 1.82) is 0 Å². The Morgan fingerprint density at radius 3 is 2.64 bits per heavy atom. The quantitative estimate of drug-likeness (QED) is 0.846. The molecule has 0 bridgehead atoms.